The zero-order valence-corrected chi connectivity index (χ0v) is 24.3. The number of halogens is 1. The van der Waals surface area contributed by atoms with Crippen LogP contribution in [0.3, 0.4) is 0 Å². The van der Waals surface area contributed by atoms with Gasteiger partial charge in [-0.1, -0.05) is 23.5 Å². The Kier molecular flexibility index (Phi) is 8.73. The zero-order valence-electron chi connectivity index (χ0n) is 21.9. The summed E-state index contributed by atoms with van der Waals surface area (Å²) in [6.45, 7) is 8.40. The van der Waals surface area contributed by atoms with Crippen molar-refractivity contribution in [2.24, 2.45) is 4.99 Å². The highest BCUT2D eigenvalue weighted by molar-refractivity contribution is 9.10. The molecule has 0 radical (unpaired) electrons. The van der Waals surface area contributed by atoms with Gasteiger partial charge in [-0.05, 0) is 85.1 Å². The maximum absolute atomic E-state index is 13.8. The van der Waals surface area contributed by atoms with E-state index in [-0.39, 0.29) is 12.2 Å². The second-order valence-electron chi connectivity index (χ2n) is 8.27. The van der Waals surface area contributed by atoms with Crippen LogP contribution in [0, 0.1) is 0 Å². The topological polar surface area (TPSA) is 88.4 Å². The Morgan fingerprint density at radius 2 is 1.76 bits per heavy atom. The van der Waals surface area contributed by atoms with Crippen molar-refractivity contribution in [2.75, 3.05) is 26.9 Å². The monoisotopic (exact) mass is 600 g/mol. The second kappa shape index (κ2) is 12.0. The fourth-order valence-corrected chi connectivity index (χ4v) is 5.87. The number of thiazole rings is 1. The lowest BCUT2D eigenvalue weighted by Crippen LogP contribution is -2.40. The van der Waals surface area contributed by atoms with Crippen LogP contribution in [-0.2, 0) is 9.53 Å². The van der Waals surface area contributed by atoms with Gasteiger partial charge in [-0.25, -0.2) is 9.79 Å². The zero-order chi connectivity index (χ0) is 27.4. The van der Waals surface area contributed by atoms with Gasteiger partial charge >= 0.3 is 5.97 Å². The van der Waals surface area contributed by atoms with Gasteiger partial charge in [0.2, 0.25) is 0 Å². The molecule has 1 atom stereocenters. The van der Waals surface area contributed by atoms with Gasteiger partial charge in [0.05, 0.1) is 53.2 Å². The summed E-state index contributed by atoms with van der Waals surface area (Å²) in [7, 11) is 1.60. The molecule has 1 aromatic heterocycles. The van der Waals surface area contributed by atoms with Crippen LogP contribution in [0.1, 0.15) is 44.9 Å². The number of carbonyl (C=O) groups is 1. The number of fused-ring (bicyclic) bond motifs is 1. The van der Waals surface area contributed by atoms with E-state index in [1.165, 1.54) is 11.3 Å². The SMILES string of the molecule is CCOC(=O)C1=C(C)N=c2s/c(=C\c3ccc(OC)c(Br)c3)c(=O)n2[C@H]1c1ccc(OCC)c(OCC)c1. The molecule has 0 saturated carbocycles. The van der Waals surface area contributed by atoms with Crippen molar-refractivity contribution < 1.29 is 23.7 Å². The summed E-state index contributed by atoms with van der Waals surface area (Å²) in [5, 5.41) is 0. The standard InChI is InChI=1S/C28H29BrN2O6S/c1-6-35-21-12-10-18(15-22(21)36-7-2)25-24(27(33)37-8-3)16(4)30-28-31(25)26(32)23(38-28)14-17-9-11-20(34-5)19(29)13-17/h9-15,25H,6-8H2,1-5H3/b23-14-/t25-/m0/s1. The molecule has 10 heteroatoms. The first-order valence-electron chi connectivity index (χ1n) is 12.3. The molecule has 0 N–H and O–H groups in total. The predicted octanol–water partition coefficient (Wildman–Crippen LogP) is 4.37. The number of carbonyl (C=O) groups excluding carboxylic acids is 1. The van der Waals surface area contributed by atoms with Crippen LogP contribution < -0.4 is 29.1 Å². The number of ether oxygens (including phenoxy) is 4. The fraction of sp³-hybridized carbons (Fsp3) is 0.321. The number of hydrogen-bond donors (Lipinski definition) is 0. The van der Waals surface area contributed by atoms with Crippen molar-refractivity contribution in [1.29, 1.82) is 0 Å². The van der Waals surface area contributed by atoms with Gasteiger partial charge in [-0.3, -0.25) is 9.36 Å². The van der Waals surface area contributed by atoms with Crippen LogP contribution in [0.15, 0.2) is 61.9 Å². The summed E-state index contributed by atoms with van der Waals surface area (Å²) in [5.41, 5.74) is 2.06. The molecule has 8 nitrogen and oxygen atoms in total. The Balaban J connectivity index is 1.94. The quantitative estimate of drug-likeness (QED) is 0.339. The number of nitrogens with zero attached hydrogens (tertiary/aromatic N) is 2. The Morgan fingerprint density at radius 1 is 1.05 bits per heavy atom. The van der Waals surface area contributed by atoms with E-state index >= 15 is 0 Å². The highest BCUT2D eigenvalue weighted by Gasteiger charge is 2.34. The molecule has 0 amide bonds. The first kappa shape index (κ1) is 27.7. The van der Waals surface area contributed by atoms with Crippen molar-refractivity contribution in [1.82, 2.24) is 4.57 Å². The van der Waals surface area contributed by atoms with E-state index in [1.807, 2.05) is 44.2 Å². The van der Waals surface area contributed by atoms with Crippen molar-refractivity contribution in [3.63, 3.8) is 0 Å². The lowest BCUT2D eigenvalue weighted by molar-refractivity contribution is -0.139. The predicted molar refractivity (Wildman–Crippen MR) is 150 cm³/mol. The first-order valence-corrected chi connectivity index (χ1v) is 13.9. The van der Waals surface area contributed by atoms with Gasteiger partial charge in [-0.15, -0.1) is 0 Å². The maximum Gasteiger partial charge on any atom is 0.338 e. The highest BCUT2D eigenvalue weighted by Crippen LogP contribution is 2.36. The van der Waals surface area contributed by atoms with Gasteiger partial charge < -0.3 is 18.9 Å². The van der Waals surface area contributed by atoms with Crippen LogP contribution in [0.4, 0.5) is 0 Å². The van der Waals surface area contributed by atoms with Gasteiger partial charge in [-0.2, -0.15) is 0 Å². The molecule has 1 aliphatic rings. The van der Waals surface area contributed by atoms with E-state index in [4.69, 9.17) is 18.9 Å². The molecule has 2 aromatic carbocycles. The molecule has 3 aromatic rings. The van der Waals surface area contributed by atoms with Gasteiger partial charge in [0.1, 0.15) is 5.75 Å². The number of aromatic nitrogens is 1. The fourth-order valence-electron chi connectivity index (χ4n) is 4.27. The summed E-state index contributed by atoms with van der Waals surface area (Å²) in [5.74, 6) is 1.31. The number of esters is 1. The van der Waals surface area contributed by atoms with E-state index < -0.39 is 12.0 Å². The summed E-state index contributed by atoms with van der Waals surface area (Å²) in [4.78, 5) is 32.1. The summed E-state index contributed by atoms with van der Waals surface area (Å²) < 4.78 is 25.1. The molecule has 0 unspecified atom stereocenters. The molecule has 0 bridgehead atoms. The van der Waals surface area contributed by atoms with Gasteiger partial charge in [0, 0.05) is 0 Å². The minimum atomic E-state index is -0.745. The smallest absolute Gasteiger partial charge is 0.338 e. The van der Waals surface area contributed by atoms with E-state index in [2.05, 4.69) is 20.9 Å². The molecule has 0 spiro atoms. The highest BCUT2D eigenvalue weighted by atomic mass is 79.9. The molecule has 200 valence electrons. The molecule has 0 fully saturated rings. The average Bonchev–Trinajstić information content (AvgIpc) is 3.19. The average molecular weight is 602 g/mol. The molecule has 2 heterocycles. The van der Waals surface area contributed by atoms with Crippen LogP contribution in [0.5, 0.6) is 17.2 Å². The Morgan fingerprint density at radius 3 is 2.42 bits per heavy atom. The minimum Gasteiger partial charge on any atom is -0.496 e. The first-order chi connectivity index (χ1) is 18.3. The van der Waals surface area contributed by atoms with Gasteiger partial charge in [0.15, 0.2) is 16.3 Å². The summed E-state index contributed by atoms with van der Waals surface area (Å²) in [6.07, 6.45) is 1.80. The summed E-state index contributed by atoms with van der Waals surface area (Å²) in [6, 6.07) is 10.3. The van der Waals surface area contributed by atoms with E-state index in [9.17, 15) is 9.59 Å². The molecular formula is C28H29BrN2O6S. The van der Waals surface area contributed by atoms with E-state index in [0.717, 1.165) is 10.0 Å². The van der Waals surface area contributed by atoms with Crippen LogP contribution in [-0.4, -0.2) is 37.5 Å². The lowest BCUT2D eigenvalue weighted by atomic mass is 9.95. The number of methoxy groups -OCH3 is 1. The largest absolute Gasteiger partial charge is 0.496 e. The van der Waals surface area contributed by atoms with Crippen molar-refractivity contribution >= 4 is 39.3 Å². The lowest BCUT2D eigenvalue weighted by Gasteiger charge is -2.25. The molecule has 0 saturated heterocycles. The molecular weight excluding hydrogens is 572 g/mol. The van der Waals surface area contributed by atoms with E-state index in [0.29, 0.717) is 56.6 Å². The van der Waals surface area contributed by atoms with E-state index in [1.54, 1.807) is 37.7 Å². The third-order valence-electron chi connectivity index (χ3n) is 5.87. The molecule has 38 heavy (non-hydrogen) atoms. The van der Waals surface area contributed by atoms with Crippen LogP contribution >= 0.6 is 27.3 Å². The summed E-state index contributed by atoms with van der Waals surface area (Å²) >= 11 is 4.76. The maximum atomic E-state index is 13.8. The normalized spacial score (nSPS) is 15.1. The Hall–Kier alpha value is -3.37. The second-order valence-corrected chi connectivity index (χ2v) is 10.1. The molecule has 4 rings (SSSR count). The van der Waals surface area contributed by atoms with Crippen molar-refractivity contribution in [2.45, 2.75) is 33.7 Å². The van der Waals surface area contributed by atoms with Crippen molar-refractivity contribution in [3.05, 3.63) is 83.0 Å². The number of rotatable bonds is 9. The Bertz CT molecular complexity index is 1570. The van der Waals surface area contributed by atoms with Gasteiger partial charge in [0.25, 0.3) is 5.56 Å². The number of benzene rings is 2. The molecule has 1 aliphatic heterocycles. The third kappa shape index (κ3) is 5.42. The minimum absolute atomic E-state index is 0.201. The van der Waals surface area contributed by atoms with Crippen LogP contribution in [0.25, 0.3) is 6.08 Å². The van der Waals surface area contributed by atoms with Crippen molar-refractivity contribution in [3.8, 4) is 17.2 Å². The molecule has 0 aliphatic carbocycles. The number of allylic oxidation sites excluding steroid dienone is 1. The third-order valence-corrected chi connectivity index (χ3v) is 7.48. The van der Waals surface area contributed by atoms with Crippen LogP contribution in [0.2, 0.25) is 0 Å². The number of hydrogen-bond acceptors (Lipinski definition) is 8. The Labute approximate surface area is 233 Å².